The zero-order chi connectivity index (χ0) is 6.69. The van der Waals surface area contributed by atoms with Crippen LogP contribution in [0.1, 0.15) is 13.8 Å². The summed E-state index contributed by atoms with van der Waals surface area (Å²) in [5.41, 5.74) is 0. The lowest BCUT2D eigenvalue weighted by Crippen LogP contribution is -2.07. The highest BCUT2D eigenvalue weighted by Crippen LogP contribution is 1.92. The van der Waals surface area contributed by atoms with Gasteiger partial charge >= 0.3 is 0 Å². The Morgan fingerprint density at radius 1 is 1.56 bits per heavy atom. The van der Waals surface area contributed by atoms with Crippen LogP contribution in [0.15, 0.2) is 6.33 Å². The van der Waals surface area contributed by atoms with Gasteiger partial charge < -0.3 is 0 Å². The van der Waals surface area contributed by atoms with Crippen LogP contribution in [0.5, 0.6) is 0 Å². The highest BCUT2D eigenvalue weighted by atomic mass is 15.6. The Morgan fingerprint density at radius 2 is 2.33 bits per heavy atom. The molecule has 0 unspecified atom stereocenters. The Hall–Kier alpha value is -0.930. The molecule has 0 aliphatic heterocycles. The molecule has 1 rings (SSSR count). The first-order valence-corrected chi connectivity index (χ1v) is 3.00. The van der Waals surface area contributed by atoms with Crippen LogP contribution in [0.4, 0.5) is 0 Å². The Kier molecular flexibility index (Phi) is 1.77. The molecule has 0 radical (unpaired) electrons. The van der Waals surface area contributed by atoms with Gasteiger partial charge in [0.2, 0.25) is 0 Å². The summed E-state index contributed by atoms with van der Waals surface area (Å²) in [5, 5.41) is 11.1. The van der Waals surface area contributed by atoms with Gasteiger partial charge in [-0.3, -0.25) is 0 Å². The maximum atomic E-state index is 3.85. The molecule has 9 heavy (non-hydrogen) atoms. The maximum absolute atomic E-state index is 3.85. The molecule has 50 valence electrons. The summed E-state index contributed by atoms with van der Waals surface area (Å²) >= 11 is 0. The van der Waals surface area contributed by atoms with E-state index >= 15 is 0 Å². The zero-order valence-corrected chi connectivity index (χ0v) is 5.65. The molecule has 0 saturated carbocycles. The van der Waals surface area contributed by atoms with Crippen molar-refractivity contribution in [3.63, 3.8) is 0 Å². The number of rotatable bonds is 2. The Morgan fingerprint density at radius 3 is 2.78 bits per heavy atom. The number of tetrazole rings is 1. The van der Waals surface area contributed by atoms with E-state index in [1.807, 2.05) is 0 Å². The molecule has 1 aromatic rings. The summed E-state index contributed by atoms with van der Waals surface area (Å²) in [6, 6.07) is 0. The molecule has 0 bridgehead atoms. The monoisotopic (exact) mass is 126 g/mol. The molecule has 4 heteroatoms. The molecule has 0 amide bonds. The molecule has 0 spiro atoms. The largest absolute Gasteiger partial charge is 0.164 e. The van der Waals surface area contributed by atoms with Gasteiger partial charge in [0.25, 0.3) is 0 Å². The molecule has 1 aromatic heterocycles. The number of aromatic nitrogens is 4. The second-order valence-corrected chi connectivity index (χ2v) is 2.38. The lowest BCUT2D eigenvalue weighted by Gasteiger charge is -1.99. The van der Waals surface area contributed by atoms with E-state index in [1.54, 1.807) is 4.80 Å². The molecule has 0 saturated heterocycles. The Bertz CT molecular complexity index is 155. The molecular formula is C5H10N4. The molecule has 1 heterocycles. The maximum Gasteiger partial charge on any atom is 0.162 e. The average Bonchev–Trinajstić information content (AvgIpc) is 2.15. The smallest absolute Gasteiger partial charge is 0.162 e. The standard InChI is InChI=1S/C5H10N4/c1-5(2)3-9-7-4-6-8-9/h4-5H,3H2,1-2H3. The third-order valence-corrected chi connectivity index (χ3v) is 0.920. The summed E-state index contributed by atoms with van der Waals surface area (Å²) in [5.74, 6) is 0.583. The SMILES string of the molecule is CC(C)Cn1ncnn1. The molecule has 0 fully saturated rings. The van der Waals surface area contributed by atoms with Gasteiger partial charge in [-0.25, -0.2) is 0 Å². The summed E-state index contributed by atoms with van der Waals surface area (Å²) < 4.78 is 0. The minimum absolute atomic E-state index is 0.583. The Labute approximate surface area is 53.9 Å². The van der Waals surface area contributed by atoms with Crippen molar-refractivity contribution in [2.24, 2.45) is 5.92 Å². The molecular weight excluding hydrogens is 116 g/mol. The molecule has 4 nitrogen and oxygen atoms in total. The van der Waals surface area contributed by atoms with Gasteiger partial charge in [-0.15, -0.1) is 10.2 Å². The highest BCUT2D eigenvalue weighted by molar-refractivity contribution is 4.43. The summed E-state index contributed by atoms with van der Waals surface area (Å²) in [4.78, 5) is 1.59. The van der Waals surface area contributed by atoms with Crippen LogP contribution < -0.4 is 0 Å². The quantitative estimate of drug-likeness (QED) is 0.573. The Balaban J connectivity index is 2.48. The first-order chi connectivity index (χ1) is 4.29. The van der Waals surface area contributed by atoms with Crippen molar-refractivity contribution in [3.8, 4) is 0 Å². The summed E-state index contributed by atoms with van der Waals surface area (Å²) in [6.45, 7) is 5.08. The predicted octanol–water partition coefficient (Wildman–Crippen LogP) is 0.329. The van der Waals surface area contributed by atoms with Crippen molar-refractivity contribution in [1.29, 1.82) is 0 Å². The van der Waals surface area contributed by atoms with Gasteiger partial charge in [-0.1, -0.05) is 13.8 Å². The first kappa shape index (κ1) is 6.19. The van der Waals surface area contributed by atoms with Crippen molar-refractivity contribution in [3.05, 3.63) is 6.33 Å². The molecule has 0 atom stereocenters. The molecule has 0 aromatic carbocycles. The van der Waals surface area contributed by atoms with Crippen molar-refractivity contribution in [1.82, 2.24) is 20.2 Å². The third-order valence-electron chi connectivity index (χ3n) is 0.920. The minimum Gasteiger partial charge on any atom is -0.164 e. The topological polar surface area (TPSA) is 43.6 Å². The van der Waals surface area contributed by atoms with Crippen molar-refractivity contribution < 1.29 is 0 Å². The van der Waals surface area contributed by atoms with Crippen molar-refractivity contribution in [2.75, 3.05) is 0 Å². The van der Waals surface area contributed by atoms with Gasteiger partial charge in [-0.2, -0.15) is 4.80 Å². The van der Waals surface area contributed by atoms with E-state index < -0.39 is 0 Å². The summed E-state index contributed by atoms with van der Waals surface area (Å²) in [7, 11) is 0. The average molecular weight is 126 g/mol. The van der Waals surface area contributed by atoms with Crippen molar-refractivity contribution >= 4 is 0 Å². The van der Waals surface area contributed by atoms with E-state index in [0.29, 0.717) is 5.92 Å². The third kappa shape index (κ3) is 1.79. The second kappa shape index (κ2) is 2.57. The van der Waals surface area contributed by atoms with Crippen molar-refractivity contribution in [2.45, 2.75) is 20.4 Å². The highest BCUT2D eigenvalue weighted by Gasteiger charge is 1.95. The molecule has 0 aliphatic rings. The fourth-order valence-electron chi connectivity index (χ4n) is 0.599. The van der Waals surface area contributed by atoms with Crippen LogP contribution in [0.25, 0.3) is 0 Å². The van der Waals surface area contributed by atoms with E-state index in [4.69, 9.17) is 0 Å². The van der Waals surface area contributed by atoms with E-state index in [0.717, 1.165) is 6.54 Å². The fraction of sp³-hybridized carbons (Fsp3) is 0.800. The van der Waals surface area contributed by atoms with E-state index in [9.17, 15) is 0 Å². The zero-order valence-electron chi connectivity index (χ0n) is 5.65. The lowest BCUT2D eigenvalue weighted by atomic mass is 10.2. The lowest BCUT2D eigenvalue weighted by molar-refractivity contribution is 0.429. The van der Waals surface area contributed by atoms with Gasteiger partial charge in [0, 0.05) is 0 Å². The van der Waals surface area contributed by atoms with E-state index in [2.05, 4.69) is 29.3 Å². The minimum atomic E-state index is 0.583. The van der Waals surface area contributed by atoms with Gasteiger partial charge in [0.15, 0.2) is 6.33 Å². The number of hydrogen-bond donors (Lipinski definition) is 0. The van der Waals surface area contributed by atoms with Gasteiger partial charge in [-0.05, 0) is 11.1 Å². The normalized spacial score (nSPS) is 10.6. The summed E-state index contributed by atoms with van der Waals surface area (Å²) in [6.07, 6.45) is 1.45. The molecule has 0 aliphatic carbocycles. The van der Waals surface area contributed by atoms with Gasteiger partial charge in [0.05, 0.1) is 6.54 Å². The van der Waals surface area contributed by atoms with Crippen LogP contribution in [0.2, 0.25) is 0 Å². The molecule has 0 N–H and O–H groups in total. The van der Waals surface area contributed by atoms with Crippen LogP contribution >= 0.6 is 0 Å². The van der Waals surface area contributed by atoms with Gasteiger partial charge in [0.1, 0.15) is 0 Å². The van der Waals surface area contributed by atoms with Crippen LogP contribution in [-0.4, -0.2) is 20.2 Å². The fourth-order valence-corrected chi connectivity index (χ4v) is 0.599. The van der Waals surface area contributed by atoms with E-state index in [-0.39, 0.29) is 0 Å². The van der Waals surface area contributed by atoms with Crippen LogP contribution in [0, 0.1) is 5.92 Å². The predicted molar refractivity (Wildman–Crippen MR) is 32.7 cm³/mol. The first-order valence-electron chi connectivity index (χ1n) is 3.00. The second-order valence-electron chi connectivity index (χ2n) is 2.38. The van der Waals surface area contributed by atoms with Crippen LogP contribution in [0.3, 0.4) is 0 Å². The van der Waals surface area contributed by atoms with Crippen LogP contribution in [-0.2, 0) is 6.54 Å². The van der Waals surface area contributed by atoms with E-state index in [1.165, 1.54) is 6.33 Å². The number of hydrogen-bond acceptors (Lipinski definition) is 3. The number of nitrogens with zero attached hydrogens (tertiary/aromatic N) is 4.